The standard InChI is InChI=1S/C19H24NO.HI/c1-20(9-5-2-6-10-20)12-16-11-15-7-3-4-8-17(15)19-14-21-13-18(16)19;/h3-4,7-8,11H,2,5-6,9-10,12-14H2,1H3;1H/q+1;/p-1. The van der Waals surface area contributed by atoms with Crippen molar-refractivity contribution >= 4 is 10.8 Å². The minimum absolute atomic E-state index is 0. The van der Waals surface area contributed by atoms with Crippen molar-refractivity contribution in [3.63, 3.8) is 0 Å². The van der Waals surface area contributed by atoms with Crippen LogP contribution in [-0.2, 0) is 24.5 Å². The fraction of sp³-hybridized carbons (Fsp3) is 0.474. The van der Waals surface area contributed by atoms with Crippen molar-refractivity contribution in [3.05, 3.63) is 47.0 Å². The lowest BCUT2D eigenvalue weighted by atomic mass is 9.94. The Kier molecular flexibility index (Phi) is 4.76. The lowest BCUT2D eigenvalue weighted by Crippen LogP contribution is -3.00. The number of quaternary nitrogens is 1. The molecule has 0 aromatic heterocycles. The van der Waals surface area contributed by atoms with Crippen LogP contribution in [0.4, 0.5) is 0 Å². The van der Waals surface area contributed by atoms with Crippen LogP contribution in [0.3, 0.4) is 0 Å². The molecule has 2 nitrogen and oxygen atoms in total. The zero-order valence-electron chi connectivity index (χ0n) is 13.3. The van der Waals surface area contributed by atoms with E-state index in [0.29, 0.717) is 0 Å². The number of halogens is 1. The van der Waals surface area contributed by atoms with E-state index in [0.717, 1.165) is 19.8 Å². The molecule has 0 aliphatic carbocycles. The number of fused-ring (bicyclic) bond motifs is 3. The number of rotatable bonds is 2. The van der Waals surface area contributed by atoms with Crippen molar-refractivity contribution in [1.82, 2.24) is 0 Å². The van der Waals surface area contributed by atoms with E-state index in [4.69, 9.17) is 4.74 Å². The van der Waals surface area contributed by atoms with Crippen molar-refractivity contribution in [2.24, 2.45) is 0 Å². The second-order valence-electron chi connectivity index (χ2n) is 6.99. The Morgan fingerprint density at radius 1 is 1.00 bits per heavy atom. The molecule has 2 aliphatic heterocycles. The van der Waals surface area contributed by atoms with E-state index in [1.807, 2.05) is 0 Å². The predicted molar refractivity (Wildman–Crippen MR) is 85.9 cm³/mol. The van der Waals surface area contributed by atoms with E-state index in [1.165, 1.54) is 64.3 Å². The second-order valence-corrected chi connectivity index (χ2v) is 6.99. The number of ether oxygens (including phenoxy) is 1. The van der Waals surface area contributed by atoms with Gasteiger partial charge in [-0.1, -0.05) is 24.3 Å². The highest BCUT2D eigenvalue weighted by atomic mass is 127. The zero-order valence-corrected chi connectivity index (χ0v) is 15.4. The number of hydrogen-bond acceptors (Lipinski definition) is 1. The largest absolute Gasteiger partial charge is 1.00 e. The summed E-state index contributed by atoms with van der Waals surface area (Å²) in [6.45, 7) is 5.39. The van der Waals surface area contributed by atoms with Crippen LogP contribution in [0, 0.1) is 0 Å². The SMILES string of the molecule is C[N+]1(Cc2cc3ccccc3c3c2COC3)CCCCC1.[I-]. The number of nitrogens with zero attached hydrogens (tertiary/aromatic N) is 1. The molecule has 118 valence electrons. The summed E-state index contributed by atoms with van der Waals surface area (Å²) in [6, 6.07) is 11.2. The minimum Gasteiger partial charge on any atom is -1.00 e. The van der Waals surface area contributed by atoms with Gasteiger partial charge in [0.1, 0.15) is 6.54 Å². The number of likely N-dealkylation sites (tertiary alicyclic amines) is 1. The highest BCUT2D eigenvalue weighted by Gasteiger charge is 2.28. The van der Waals surface area contributed by atoms with E-state index in [-0.39, 0.29) is 24.0 Å². The fourth-order valence-corrected chi connectivity index (χ4v) is 4.11. The lowest BCUT2D eigenvalue weighted by molar-refractivity contribution is -0.926. The summed E-state index contributed by atoms with van der Waals surface area (Å²) in [7, 11) is 2.43. The van der Waals surface area contributed by atoms with E-state index >= 15 is 0 Å². The van der Waals surface area contributed by atoms with Gasteiger partial charge in [0.15, 0.2) is 0 Å². The molecule has 2 aliphatic rings. The Balaban J connectivity index is 0.00000144. The molecule has 0 N–H and O–H groups in total. The third kappa shape index (κ3) is 2.91. The third-order valence-corrected chi connectivity index (χ3v) is 5.31. The van der Waals surface area contributed by atoms with Gasteiger partial charge in [-0.3, -0.25) is 0 Å². The maximum Gasteiger partial charge on any atom is 0.105 e. The van der Waals surface area contributed by atoms with Gasteiger partial charge in [-0.2, -0.15) is 0 Å². The van der Waals surface area contributed by atoms with Gasteiger partial charge in [0.2, 0.25) is 0 Å². The normalized spacial score (nSPS) is 19.7. The van der Waals surface area contributed by atoms with Crippen LogP contribution in [0.2, 0.25) is 0 Å². The van der Waals surface area contributed by atoms with Crippen molar-refractivity contribution in [1.29, 1.82) is 0 Å². The lowest BCUT2D eigenvalue weighted by Gasteiger charge is -2.38. The summed E-state index contributed by atoms with van der Waals surface area (Å²) in [4.78, 5) is 0. The molecule has 0 unspecified atom stereocenters. The number of piperidine rings is 1. The van der Waals surface area contributed by atoms with Crippen LogP contribution < -0.4 is 24.0 Å². The molecule has 2 heterocycles. The Morgan fingerprint density at radius 2 is 1.73 bits per heavy atom. The van der Waals surface area contributed by atoms with Crippen molar-refractivity contribution < 1.29 is 33.2 Å². The molecule has 1 saturated heterocycles. The molecule has 0 saturated carbocycles. The summed E-state index contributed by atoms with van der Waals surface area (Å²) in [6.07, 6.45) is 4.17. The monoisotopic (exact) mass is 409 g/mol. The van der Waals surface area contributed by atoms with Gasteiger partial charge in [0, 0.05) is 5.56 Å². The van der Waals surface area contributed by atoms with E-state index in [1.54, 1.807) is 0 Å². The number of hydrogen-bond donors (Lipinski definition) is 0. The van der Waals surface area contributed by atoms with Crippen molar-refractivity contribution in [2.45, 2.75) is 39.0 Å². The summed E-state index contributed by atoms with van der Waals surface area (Å²) in [5, 5.41) is 2.76. The topological polar surface area (TPSA) is 9.23 Å². The van der Waals surface area contributed by atoms with Gasteiger partial charge in [0.25, 0.3) is 0 Å². The molecule has 0 radical (unpaired) electrons. The first kappa shape index (κ1) is 16.2. The Hall–Kier alpha value is -0.650. The highest BCUT2D eigenvalue weighted by molar-refractivity contribution is 5.88. The van der Waals surface area contributed by atoms with E-state index < -0.39 is 0 Å². The quantitative estimate of drug-likeness (QED) is 0.532. The van der Waals surface area contributed by atoms with E-state index in [9.17, 15) is 0 Å². The Morgan fingerprint density at radius 3 is 2.55 bits per heavy atom. The Bertz CT molecular complexity index is 676. The zero-order chi connectivity index (χ0) is 14.3. The number of benzene rings is 2. The summed E-state index contributed by atoms with van der Waals surface area (Å²) >= 11 is 0. The molecule has 2 aromatic rings. The van der Waals surface area contributed by atoms with Gasteiger partial charge in [0.05, 0.1) is 33.4 Å². The maximum atomic E-state index is 5.78. The molecule has 3 heteroatoms. The smallest absolute Gasteiger partial charge is 0.105 e. The molecule has 0 spiro atoms. The first-order valence-electron chi connectivity index (χ1n) is 8.19. The molecule has 0 atom stereocenters. The van der Waals surface area contributed by atoms with Gasteiger partial charge >= 0.3 is 0 Å². The first-order valence-corrected chi connectivity index (χ1v) is 8.19. The molecule has 22 heavy (non-hydrogen) atoms. The van der Waals surface area contributed by atoms with Gasteiger partial charge in [-0.15, -0.1) is 0 Å². The highest BCUT2D eigenvalue weighted by Crippen LogP contribution is 2.33. The van der Waals surface area contributed by atoms with Crippen molar-refractivity contribution in [2.75, 3.05) is 20.1 Å². The van der Waals surface area contributed by atoms with Crippen LogP contribution in [0.25, 0.3) is 10.8 Å². The van der Waals surface area contributed by atoms with Gasteiger partial charge in [-0.25, -0.2) is 0 Å². The molecule has 4 rings (SSSR count). The minimum atomic E-state index is 0. The maximum absolute atomic E-state index is 5.78. The average Bonchev–Trinajstić information content (AvgIpc) is 2.98. The van der Waals surface area contributed by atoms with Crippen LogP contribution in [0.5, 0.6) is 0 Å². The molecule has 1 fully saturated rings. The van der Waals surface area contributed by atoms with Crippen molar-refractivity contribution in [3.8, 4) is 0 Å². The van der Waals surface area contributed by atoms with Gasteiger partial charge < -0.3 is 33.2 Å². The van der Waals surface area contributed by atoms with E-state index in [2.05, 4.69) is 37.4 Å². The second kappa shape index (κ2) is 6.46. The Labute approximate surface area is 150 Å². The molecule has 0 bridgehead atoms. The van der Waals surface area contributed by atoms with Gasteiger partial charge in [-0.05, 0) is 47.2 Å². The molecular formula is C19H24INO. The summed E-state index contributed by atoms with van der Waals surface area (Å²) < 4.78 is 6.98. The molecular weight excluding hydrogens is 385 g/mol. The predicted octanol–water partition coefficient (Wildman–Crippen LogP) is 1.00. The van der Waals surface area contributed by atoms with Crippen LogP contribution in [-0.4, -0.2) is 24.6 Å². The molecule has 0 amide bonds. The first-order chi connectivity index (χ1) is 10.3. The summed E-state index contributed by atoms with van der Waals surface area (Å²) in [5.74, 6) is 0. The van der Waals surface area contributed by atoms with Crippen LogP contribution >= 0.6 is 0 Å². The van der Waals surface area contributed by atoms with Crippen LogP contribution in [0.15, 0.2) is 30.3 Å². The summed E-state index contributed by atoms with van der Waals surface area (Å²) in [5.41, 5.74) is 4.43. The molecule has 2 aromatic carbocycles. The average molecular weight is 409 g/mol. The fourth-order valence-electron chi connectivity index (χ4n) is 4.11. The third-order valence-electron chi connectivity index (χ3n) is 5.31. The van der Waals surface area contributed by atoms with Crippen LogP contribution in [0.1, 0.15) is 36.0 Å².